The fraction of sp³-hybridized carbons (Fsp3) is 0.120. The van der Waals surface area contributed by atoms with Gasteiger partial charge in [0.25, 0.3) is 0 Å². The zero-order valence-corrected chi connectivity index (χ0v) is 17.5. The fourth-order valence-corrected chi connectivity index (χ4v) is 3.42. The van der Waals surface area contributed by atoms with Gasteiger partial charge in [-0.15, -0.1) is 0 Å². The third kappa shape index (κ3) is 4.78. The molecule has 0 aliphatic heterocycles. The molecule has 0 amide bonds. The number of hydrogen-bond donors (Lipinski definition) is 0. The molecule has 0 saturated carbocycles. The second kappa shape index (κ2) is 9.06. The molecule has 0 radical (unpaired) electrons. The van der Waals surface area contributed by atoms with Gasteiger partial charge in [-0.05, 0) is 47.9 Å². The first-order valence-electron chi connectivity index (χ1n) is 9.67. The van der Waals surface area contributed by atoms with Crippen LogP contribution in [0.5, 0.6) is 5.75 Å². The van der Waals surface area contributed by atoms with Gasteiger partial charge in [-0.2, -0.15) is 0 Å². The van der Waals surface area contributed by atoms with Gasteiger partial charge in [0.2, 0.25) is 0 Å². The van der Waals surface area contributed by atoms with Crippen LogP contribution in [0.3, 0.4) is 0 Å². The van der Waals surface area contributed by atoms with E-state index in [0.717, 1.165) is 22.1 Å². The molecule has 0 N–H and O–H groups in total. The second-order valence-electron chi connectivity index (χ2n) is 6.99. The lowest BCUT2D eigenvalue weighted by Crippen LogP contribution is -2.14. The van der Waals surface area contributed by atoms with Gasteiger partial charge in [0.1, 0.15) is 17.9 Å². The van der Waals surface area contributed by atoms with Crippen molar-refractivity contribution in [1.82, 2.24) is 0 Å². The van der Waals surface area contributed by atoms with Gasteiger partial charge in [-0.1, -0.05) is 54.1 Å². The normalized spacial score (nSPS) is 10.8. The predicted octanol–water partition coefficient (Wildman–Crippen LogP) is 5.54. The van der Waals surface area contributed by atoms with E-state index in [1.807, 2.05) is 37.3 Å². The van der Waals surface area contributed by atoms with Crippen LogP contribution in [-0.2, 0) is 16.1 Å². The third-order valence-corrected chi connectivity index (χ3v) is 5.12. The first-order valence-corrected chi connectivity index (χ1v) is 10.0. The first-order chi connectivity index (χ1) is 15.0. The molecule has 0 saturated heterocycles. The van der Waals surface area contributed by atoms with Crippen molar-refractivity contribution < 1.29 is 18.7 Å². The lowest BCUT2D eigenvalue weighted by atomic mass is 10.00. The summed E-state index contributed by atoms with van der Waals surface area (Å²) in [6, 6.07) is 21.6. The van der Waals surface area contributed by atoms with E-state index in [1.165, 1.54) is 0 Å². The maximum atomic E-state index is 12.6. The van der Waals surface area contributed by atoms with E-state index in [2.05, 4.69) is 0 Å². The molecule has 0 bridgehead atoms. The lowest BCUT2D eigenvalue weighted by molar-refractivity contribution is -0.147. The SMILES string of the molecule is Cc1c(-c2ccc(Cl)cc2)c(=O)oc2cc(OCC(=O)OCc3ccccc3)ccc12. The Bertz CT molecular complexity index is 1280. The molecule has 0 aliphatic rings. The molecule has 0 unspecified atom stereocenters. The van der Waals surface area contributed by atoms with Crippen LogP contribution >= 0.6 is 11.6 Å². The number of hydrogen-bond acceptors (Lipinski definition) is 5. The van der Waals surface area contributed by atoms with Crippen LogP contribution in [-0.4, -0.2) is 12.6 Å². The number of ether oxygens (including phenoxy) is 2. The van der Waals surface area contributed by atoms with Crippen molar-refractivity contribution in [1.29, 1.82) is 0 Å². The van der Waals surface area contributed by atoms with Gasteiger partial charge in [-0.25, -0.2) is 9.59 Å². The van der Waals surface area contributed by atoms with Crippen LogP contribution in [0.2, 0.25) is 5.02 Å². The first kappa shape index (κ1) is 20.7. The zero-order valence-electron chi connectivity index (χ0n) is 16.8. The molecule has 4 rings (SSSR count). The van der Waals surface area contributed by atoms with Crippen LogP contribution in [0, 0.1) is 6.92 Å². The number of carbonyl (C=O) groups excluding carboxylic acids is 1. The highest BCUT2D eigenvalue weighted by Crippen LogP contribution is 2.29. The number of halogens is 1. The van der Waals surface area contributed by atoms with Gasteiger partial charge in [-0.3, -0.25) is 0 Å². The number of fused-ring (bicyclic) bond motifs is 1. The Morgan fingerprint density at radius 2 is 1.74 bits per heavy atom. The molecule has 0 fully saturated rings. The van der Waals surface area contributed by atoms with Gasteiger partial charge in [0, 0.05) is 16.5 Å². The molecular weight excluding hydrogens is 416 g/mol. The molecule has 0 aliphatic carbocycles. The number of aryl methyl sites for hydroxylation is 1. The van der Waals surface area contributed by atoms with Crippen LogP contribution in [0.4, 0.5) is 0 Å². The van der Waals surface area contributed by atoms with Crippen LogP contribution in [0.1, 0.15) is 11.1 Å². The van der Waals surface area contributed by atoms with Crippen LogP contribution in [0.15, 0.2) is 82.0 Å². The Labute approximate surface area is 183 Å². The second-order valence-corrected chi connectivity index (χ2v) is 7.43. The molecule has 6 heteroatoms. The van der Waals surface area contributed by atoms with Crippen molar-refractivity contribution in [3.8, 4) is 16.9 Å². The van der Waals surface area contributed by atoms with Gasteiger partial charge in [0.05, 0.1) is 5.56 Å². The molecule has 1 aromatic heterocycles. The molecule has 1 heterocycles. The van der Waals surface area contributed by atoms with Crippen molar-refractivity contribution in [2.24, 2.45) is 0 Å². The minimum absolute atomic E-state index is 0.183. The zero-order chi connectivity index (χ0) is 21.8. The maximum Gasteiger partial charge on any atom is 0.344 e. The van der Waals surface area contributed by atoms with E-state index in [9.17, 15) is 9.59 Å². The van der Waals surface area contributed by atoms with Crippen molar-refractivity contribution in [3.05, 3.63) is 99.4 Å². The Kier molecular flexibility index (Phi) is 6.05. The van der Waals surface area contributed by atoms with E-state index in [1.54, 1.807) is 42.5 Å². The molecule has 5 nitrogen and oxygen atoms in total. The van der Waals surface area contributed by atoms with Crippen molar-refractivity contribution >= 4 is 28.5 Å². The maximum absolute atomic E-state index is 12.6. The topological polar surface area (TPSA) is 65.7 Å². The average molecular weight is 435 g/mol. The molecule has 0 atom stereocenters. The highest BCUT2D eigenvalue weighted by molar-refractivity contribution is 6.30. The third-order valence-electron chi connectivity index (χ3n) is 4.87. The van der Waals surface area contributed by atoms with Crippen molar-refractivity contribution in [2.45, 2.75) is 13.5 Å². The fourth-order valence-electron chi connectivity index (χ4n) is 3.30. The summed E-state index contributed by atoms with van der Waals surface area (Å²) in [6.45, 7) is 1.80. The van der Waals surface area contributed by atoms with Crippen LogP contribution in [0.25, 0.3) is 22.1 Å². The molecule has 3 aromatic carbocycles. The quantitative estimate of drug-likeness (QED) is 0.294. The minimum atomic E-state index is -0.486. The molecular formula is C25H19ClO5. The lowest BCUT2D eigenvalue weighted by Gasteiger charge is -2.10. The number of rotatable bonds is 6. The van der Waals surface area contributed by atoms with Gasteiger partial charge >= 0.3 is 11.6 Å². The van der Waals surface area contributed by atoms with Gasteiger partial charge in [0.15, 0.2) is 6.61 Å². The van der Waals surface area contributed by atoms with Gasteiger partial charge < -0.3 is 13.9 Å². The van der Waals surface area contributed by atoms with E-state index >= 15 is 0 Å². The van der Waals surface area contributed by atoms with E-state index in [4.69, 9.17) is 25.5 Å². The smallest absolute Gasteiger partial charge is 0.344 e. The summed E-state index contributed by atoms with van der Waals surface area (Å²) in [5.41, 5.74) is 2.85. The highest BCUT2D eigenvalue weighted by Gasteiger charge is 2.14. The molecule has 0 spiro atoms. The number of carbonyl (C=O) groups is 1. The van der Waals surface area contributed by atoms with Crippen molar-refractivity contribution in [2.75, 3.05) is 6.61 Å². The summed E-state index contributed by atoms with van der Waals surface area (Å²) in [4.78, 5) is 24.6. The summed E-state index contributed by atoms with van der Waals surface area (Å²) in [6.07, 6.45) is 0. The van der Waals surface area contributed by atoms with Crippen molar-refractivity contribution in [3.63, 3.8) is 0 Å². The molecule has 4 aromatic rings. The summed E-state index contributed by atoms with van der Waals surface area (Å²) in [5.74, 6) is -0.0781. The average Bonchev–Trinajstić information content (AvgIpc) is 2.78. The minimum Gasteiger partial charge on any atom is -0.482 e. The van der Waals surface area contributed by atoms with E-state index in [-0.39, 0.29) is 13.2 Å². The van der Waals surface area contributed by atoms with Crippen LogP contribution < -0.4 is 10.4 Å². The number of benzene rings is 3. The van der Waals surface area contributed by atoms with E-state index in [0.29, 0.717) is 21.9 Å². The highest BCUT2D eigenvalue weighted by atomic mass is 35.5. The Balaban J connectivity index is 1.49. The number of esters is 1. The Hall–Kier alpha value is -3.57. The summed E-state index contributed by atoms with van der Waals surface area (Å²) in [5, 5.41) is 1.37. The summed E-state index contributed by atoms with van der Waals surface area (Å²) in [7, 11) is 0. The monoisotopic (exact) mass is 434 g/mol. The molecule has 31 heavy (non-hydrogen) atoms. The summed E-state index contributed by atoms with van der Waals surface area (Å²) >= 11 is 5.95. The predicted molar refractivity (Wildman–Crippen MR) is 119 cm³/mol. The van der Waals surface area contributed by atoms with E-state index < -0.39 is 11.6 Å². The Morgan fingerprint density at radius 1 is 1.00 bits per heavy atom. The Morgan fingerprint density at radius 3 is 2.48 bits per heavy atom. The summed E-state index contributed by atoms with van der Waals surface area (Å²) < 4.78 is 16.2. The largest absolute Gasteiger partial charge is 0.482 e. The standard InChI is InChI=1S/C25H19ClO5/c1-16-21-12-11-20(29-15-23(27)30-14-17-5-3-2-4-6-17)13-22(21)31-25(28)24(16)18-7-9-19(26)10-8-18/h2-13H,14-15H2,1H3. The molecule has 156 valence electrons.